The van der Waals surface area contributed by atoms with Crippen molar-refractivity contribution in [2.24, 2.45) is 7.05 Å². The van der Waals surface area contributed by atoms with Gasteiger partial charge in [0.05, 0.1) is 27.7 Å². The molecule has 1 saturated heterocycles. The minimum atomic E-state index is -4.76. The Balaban J connectivity index is 0.000000283. The van der Waals surface area contributed by atoms with E-state index in [0.29, 0.717) is 5.69 Å². The van der Waals surface area contributed by atoms with Crippen LogP contribution in [0.1, 0.15) is 35.7 Å². The van der Waals surface area contributed by atoms with Crippen molar-refractivity contribution in [1.82, 2.24) is 29.4 Å². The first-order valence-electron chi connectivity index (χ1n) is 13.1. The molecule has 1 fully saturated rings. The normalized spacial score (nSPS) is 14.5. The summed E-state index contributed by atoms with van der Waals surface area (Å²) < 4.78 is 84.3. The Morgan fingerprint density at radius 3 is 2.37 bits per heavy atom. The molecule has 2 aromatic carbocycles. The molecule has 10 nitrogen and oxygen atoms in total. The maximum absolute atomic E-state index is 13.6. The van der Waals surface area contributed by atoms with E-state index in [1.165, 1.54) is 24.5 Å². The van der Waals surface area contributed by atoms with Crippen LogP contribution in [0.5, 0.6) is 0 Å². The summed E-state index contributed by atoms with van der Waals surface area (Å²) in [6.45, 7) is 3.29. The molecule has 1 N–H and O–H groups in total. The summed E-state index contributed by atoms with van der Waals surface area (Å²) in [5.74, 6) is -0.352. The highest BCUT2D eigenvalue weighted by molar-refractivity contribution is 7.85. The molecule has 4 heterocycles. The van der Waals surface area contributed by atoms with Gasteiger partial charge in [-0.2, -0.15) is 31.5 Å². The SMILES string of the molecule is Cc1ccc(S(=O)(=O)O)cc1.Cn1cc(-c2ccc(F)c(C(F)(F)F)c2)nc1C1CCN(n2ncc3cncnc32)CC1. The summed E-state index contributed by atoms with van der Waals surface area (Å²) in [6, 6.07) is 8.96. The summed E-state index contributed by atoms with van der Waals surface area (Å²) in [4.78, 5) is 14.6. The lowest BCUT2D eigenvalue weighted by Gasteiger charge is -2.32. The Morgan fingerprint density at radius 1 is 1.02 bits per heavy atom. The van der Waals surface area contributed by atoms with Gasteiger partial charge in [-0.15, -0.1) is 0 Å². The zero-order chi connectivity index (χ0) is 30.9. The number of hydrogen-bond donors (Lipinski definition) is 1. The maximum atomic E-state index is 13.6. The molecule has 15 heteroatoms. The van der Waals surface area contributed by atoms with Crippen LogP contribution in [0.4, 0.5) is 17.6 Å². The second-order valence-electron chi connectivity index (χ2n) is 10.1. The molecule has 0 aliphatic carbocycles. The van der Waals surface area contributed by atoms with E-state index in [2.05, 4.69) is 25.1 Å². The van der Waals surface area contributed by atoms with Gasteiger partial charge in [-0.1, -0.05) is 17.7 Å². The van der Waals surface area contributed by atoms with Gasteiger partial charge in [-0.25, -0.2) is 19.3 Å². The number of imidazole rings is 1. The molecule has 0 unspecified atom stereocenters. The number of aryl methyl sites for hydroxylation is 2. The van der Waals surface area contributed by atoms with Crippen LogP contribution in [0.3, 0.4) is 0 Å². The van der Waals surface area contributed by atoms with Gasteiger partial charge in [0.25, 0.3) is 10.1 Å². The second kappa shape index (κ2) is 11.7. The zero-order valence-electron chi connectivity index (χ0n) is 23.1. The van der Waals surface area contributed by atoms with Crippen LogP contribution >= 0.6 is 0 Å². The molecule has 43 heavy (non-hydrogen) atoms. The predicted octanol–water partition coefficient (Wildman–Crippen LogP) is 5.14. The monoisotopic (exact) mass is 617 g/mol. The van der Waals surface area contributed by atoms with E-state index in [1.54, 1.807) is 35.5 Å². The first-order valence-corrected chi connectivity index (χ1v) is 14.6. The van der Waals surface area contributed by atoms with Crippen LogP contribution in [0, 0.1) is 12.7 Å². The van der Waals surface area contributed by atoms with Crippen molar-refractivity contribution >= 4 is 21.2 Å². The van der Waals surface area contributed by atoms with E-state index in [9.17, 15) is 26.0 Å². The Morgan fingerprint density at radius 2 is 1.72 bits per heavy atom. The van der Waals surface area contributed by atoms with Crippen LogP contribution in [-0.4, -0.2) is 55.5 Å². The van der Waals surface area contributed by atoms with Crippen LogP contribution in [0.2, 0.25) is 0 Å². The maximum Gasteiger partial charge on any atom is 0.419 e. The lowest BCUT2D eigenvalue weighted by atomic mass is 9.97. The lowest BCUT2D eigenvalue weighted by molar-refractivity contribution is -0.139. The predicted molar refractivity (Wildman–Crippen MR) is 150 cm³/mol. The molecule has 0 amide bonds. The summed E-state index contributed by atoms with van der Waals surface area (Å²) in [5, 5.41) is 7.37. The highest BCUT2D eigenvalue weighted by Crippen LogP contribution is 2.35. The molecular weight excluding hydrogens is 590 g/mol. The first kappa shape index (κ1) is 30.1. The van der Waals surface area contributed by atoms with Gasteiger partial charge in [0.15, 0.2) is 5.65 Å². The van der Waals surface area contributed by atoms with Crippen LogP contribution in [0.15, 0.2) is 72.3 Å². The number of nitrogens with zero attached hydrogens (tertiary/aromatic N) is 7. The molecule has 3 aromatic heterocycles. The third kappa shape index (κ3) is 6.67. The van der Waals surface area contributed by atoms with Gasteiger partial charge >= 0.3 is 6.18 Å². The number of aromatic nitrogens is 6. The Kier molecular flexibility index (Phi) is 8.21. The Labute approximate surface area is 244 Å². The number of hydrogen-bond acceptors (Lipinski definition) is 7. The van der Waals surface area contributed by atoms with E-state index >= 15 is 0 Å². The zero-order valence-corrected chi connectivity index (χ0v) is 23.9. The van der Waals surface area contributed by atoms with Crippen molar-refractivity contribution in [1.29, 1.82) is 0 Å². The standard InChI is InChI=1S/C21H19F4N7.C7H8O3S/c1-30-11-18(14-2-3-17(22)16(8-14)21(23,24)25)29-20(30)13-4-6-31(7-5-13)32-19-15(10-28-32)9-26-12-27-19;1-6-2-4-7(5-3-6)11(8,9)10/h2-3,8-13H,4-7H2,1H3;2-5H,1H3,(H,8,9,10). The third-order valence-electron chi connectivity index (χ3n) is 7.12. The van der Waals surface area contributed by atoms with Crippen molar-refractivity contribution in [3.63, 3.8) is 0 Å². The fraction of sp³-hybridized carbons (Fsp3) is 0.286. The molecular formula is C28H27F4N7O3S. The van der Waals surface area contributed by atoms with Crippen LogP contribution < -0.4 is 5.01 Å². The molecule has 0 bridgehead atoms. The van der Waals surface area contributed by atoms with Crippen molar-refractivity contribution in [2.45, 2.75) is 36.8 Å². The average molecular weight is 618 g/mol. The van der Waals surface area contributed by atoms with Gasteiger partial charge < -0.3 is 4.57 Å². The summed E-state index contributed by atoms with van der Waals surface area (Å²) >= 11 is 0. The van der Waals surface area contributed by atoms with Crippen LogP contribution in [-0.2, 0) is 23.3 Å². The van der Waals surface area contributed by atoms with Crippen molar-refractivity contribution in [3.8, 4) is 11.3 Å². The summed E-state index contributed by atoms with van der Waals surface area (Å²) in [6.07, 6.45) is 3.46. The molecule has 0 radical (unpaired) electrons. The topological polar surface area (TPSA) is 119 Å². The van der Waals surface area contributed by atoms with Crippen molar-refractivity contribution in [3.05, 3.63) is 90.2 Å². The second-order valence-corrected chi connectivity index (χ2v) is 11.6. The molecule has 0 spiro atoms. The fourth-order valence-corrected chi connectivity index (χ4v) is 5.38. The molecule has 226 valence electrons. The number of fused-ring (bicyclic) bond motifs is 1. The number of piperidine rings is 1. The molecule has 1 aliphatic heterocycles. The average Bonchev–Trinajstić information content (AvgIpc) is 3.57. The molecule has 6 rings (SSSR count). The molecule has 0 saturated carbocycles. The third-order valence-corrected chi connectivity index (χ3v) is 7.99. The van der Waals surface area contributed by atoms with E-state index in [1.807, 2.05) is 18.5 Å². The largest absolute Gasteiger partial charge is 0.419 e. The number of halogens is 4. The number of alkyl halides is 3. The van der Waals surface area contributed by atoms with Crippen LogP contribution in [0.25, 0.3) is 22.3 Å². The van der Waals surface area contributed by atoms with E-state index in [-0.39, 0.29) is 16.4 Å². The molecule has 5 aromatic rings. The van der Waals surface area contributed by atoms with Gasteiger partial charge in [0.1, 0.15) is 18.0 Å². The smallest absolute Gasteiger partial charge is 0.337 e. The minimum Gasteiger partial charge on any atom is -0.337 e. The van der Waals surface area contributed by atoms with Gasteiger partial charge in [0.2, 0.25) is 0 Å². The highest BCUT2D eigenvalue weighted by Gasteiger charge is 2.34. The summed E-state index contributed by atoms with van der Waals surface area (Å²) in [7, 11) is -2.20. The van der Waals surface area contributed by atoms with E-state index < -0.39 is 27.7 Å². The minimum absolute atomic E-state index is 0.0666. The van der Waals surface area contributed by atoms with Gasteiger partial charge in [-0.05, 0) is 50.1 Å². The Hall–Kier alpha value is -4.37. The lowest BCUT2D eigenvalue weighted by Crippen LogP contribution is -2.42. The molecule has 0 atom stereocenters. The highest BCUT2D eigenvalue weighted by atomic mass is 32.2. The molecule has 1 aliphatic rings. The van der Waals surface area contributed by atoms with Gasteiger partial charge in [-0.3, -0.25) is 9.56 Å². The Bertz CT molecular complexity index is 1850. The van der Waals surface area contributed by atoms with E-state index in [0.717, 1.165) is 60.5 Å². The van der Waals surface area contributed by atoms with Gasteiger partial charge in [0, 0.05) is 44.0 Å². The first-order chi connectivity index (χ1) is 20.3. The van der Waals surface area contributed by atoms with Crippen molar-refractivity contribution in [2.75, 3.05) is 18.1 Å². The number of benzene rings is 2. The summed E-state index contributed by atoms with van der Waals surface area (Å²) in [5.41, 5.74) is 1.04. The quantitative estimate of drug-likeness (QED) is 0.218. The number of rotatable bonds is 4. The van der Waals surface area contributed by atoms with E-state index in [4.69, 9.17) is 4.55 Å². The van der Waals surface area contributed by atoms with Crippen molar-refractivity contribution < 1.29 is 30.5 Å². The fourth-order valence-electron chi connectivity index (χ4n) is 4.90.